The van der Waals surface area contributed by atoms with Crippen LogP contribution < -0.4 is 4.90 Å². The number of pyridine rings is 1. The number of hydrogen-bond acceptors (Lipinski definition) is 4. The van der Waals surface area contributed by atoms with Crippen LogP contribution in [0.4, 0.5) is 17.1 Å². The maximum absolute atomic E-state index is 6.82. The first kappa shape index (κ1) is 38.7. The number of aryl methyl sites for hydroxylation is 2. The molecule has 2 aromatic heterocycles. The normalized spacial score (nSPS) is 20.2. The summed E-state index contributed by atoms with van der Waals surface area (Å²) in [6.45, 7) is 25.0. The third kappa shape index (κ3) is 6.15. The third-order valence-electron chi connectivity index (χ3n) is 12.6. The van der Waals surface area contributed by atoms with E-state index < -0.39 is 0 Å². The van der Waals surface area contributed by atoms with E-state index in [2.05, 4.69) is 164 Å². The predicted molar refractivity (Wildman–Crippen MR) is 228 cm³/mol. The molecule has 0 spiro atoms. The summed E-state index contributed by atoms with van der Waals surface area (Å²) in [5, 5.41) is 2.39. The van der Waals surface area contributed by atoms with Crippen LogP contribution in [-0.4, -0.2) is 27.1 Å². The molecule has 9 rings (SSSR count). The van der Waals surface area contributed by atoms with Crippen LogP contribution in [0.3, 0.4) is 0 Å². The van der Waals surface area contributed by atoms with Gasteiger partial charge in [0.25, 0.3) is 0 Å². The Labute approximate surface area is 347 Å². The number of aliphatic imine (C=N–C) groups is 1. The van der Waals surface area contributed by atoms with Crippen LogP contribution in [0.5, 0.6) is 0 Å². The van der Waals surface area contributed by atoms with Crippen molar-refractivity contribution in [1.82, 2.24) is 9.55 Å². The molecule has 1 fully saturated rings. The van der Waals surface area contributed by atoms with Crippen LogP contribution in [0.1, 0.15) is 127 Å². The molecule has 4 aromatic carbocycles. The van der Waals surface area contributed by atoms with Gasteiger partial charge < -0.3 is 14.2 Å². The molecule has 1 aliphatic carbocycles. The minimum atomic E-state index is -0.298. The summed E-state index contributed by atoms with van der Waals surface area (Å²) >= 11 is 0. The molecular formula is C50H54N4OPt. The van der Waals surface area contributed by atoms with Crippen molar-refractivity contribution in [3.8, 4) is 5.82 Å². The summed E-state index contributed by atoms with van der Waals surface area (Å²) in [6.07, 6.45) is 6.43. The van der Waals surface area contributed by atoms with Gasteiger partial charge in [0.1, 0.15) is 17.3 Å². The van der Waals surface area contributed by atoms with Gasteiger partial charge in [0.05, 0.1) is 6.04 Å². The summed E-state index contributed by atoms with van der Waals surface area (Å²) in [6, 6.07) is 33.3. The Balaban J connectivity index is 0.00000441. The zero-order valence-electron chi connectivity index (χ0n) is 34.8. The SMILES string of the molecule is Cc1ccc2c(c1)C(C)(C)c1cc3c4cc(C)ccc4n(-c4cc(C(C)(C)C)ccn4)c3[c-]c1N2c1[c-]c(C2=N[C@H]3CCCC[C@]3(C)O2)cc(C(C)(C)C)c1.[Pt+2]. The number of nitrogens with zero attached hydrogens (tertiary/aromatic N) is 4. The number of rotatable bonds is 3. The summed E-state index contributed by atoms with van der Waals surface area (Å²) in [7, 11) is 0. The Kier molecular flexibility index (Phi) is 9.09. The topological polar surface area (TPSA) is 42.7 Å². The first-order chi connectivity index (χ1) is 25.9. The second-order valence-electron chi connectivity index (χ2n) is 19.3. The fraction of sp³-hybridized carbons (Fsp3) is 0.400. The van der Waals surface area contributed by atoms with E-state index in [9.17, 15) is 0 Å². The molecule has 5 nitrogen and oxygen atoms in total. The molecule has 0 radical (unpaired) electrons. The summed E-state index contributed by atoms with van der Waals surface area (Å²) in [4.78, 5) is 12.7. The largest absolute Gasteiger partial charge is 2.00 e. The van der Waals surface area contributed by atoms with Gasteiger partial charge in [-0.05, 0) is 103 Å². The Morgan fingerprint density at radius 1 is 0.768 bits per heavy atom. The van der Waals surface area contributed by atoms with Gasteiger partial charge in [-0.1, -0.05) is 114 Å². The molecule has 56 heavy (non-hydrogen) atoms. The van der Waals surface area contributed by atoms with Crippen LogP contribution in [-0.2, 0) is 42.0 Å². The summed E-state index contributed by atoms with van der Waals surface area (Å²) < 4.78 is 9.14. The van der Waals surface area contributed by atoms with E-state index in [4.69, 9.17) is 14.7 Å². The Hall–Kier alpha value is -4.21. The Bertz CT molecular complexity index is 2580. The molecule has 3 aliphatic rings. The molecule has 2 atom stereocenters. The zero-order valence-corrected chi connectivity index (χ0v) is 37.1. The molecule has 0 N–H and O–H groups in total. The molecular weight excluding hydrogens is 868 g/mol. The molecule has 0 bridgehead atoms. The molecule has 1 saturated carbocycles. The van der Waals surface area contributed by atoms with E-state index in [1.165, 1.54) is 57.0 Å². The molecule has 2 aliphatic heterocycles. The van der Waals surface area contributed by atoms with Gasteiger partial charge in [-0.15, -0.1) is 40.8 Å². The average molecular weight is 922 g/mol. The first-order valence-corrected chi connectivity index (χ1v) is 20.2. The van der Waals surface area contributed by atoms with Crippen molar-refractivity contribution in [2.45, 2.75) is 130 Å². The first-order valence-electron chi connectivity index (χ1n) is 20.2. The van der Waals surface area contributed by atoms with E-state index in [-0.39, 0.29) is 49.0 Å². The van der Waals surface area contributed by atoms with Crippen molar-refractivity contribution in [2.75, 3.05) is 4.90 Å². The summed E-state index contributed by atoms with van der Waals surface area (Å²) in [5.41, 5.74) is 13.0. The maximum atomic E-state index is 6.82. The number of anilines is 3. The molecule has 0 amide bonds. The number of aromatic nitrogens is 2. The van der Waals surface area contributed by atoms with Crippen LogP contribution >= 0.6 is 0 Å². The van der Waals surface area contributed by atoms with Crippen LogP contribution in [0.2, 0.25) is 0 Å². The number of ether oxygens (including phenoxy) is 1. The van der Waals surface area contributed by atoms with Crippen molar-refractivity contribution in [3.63, 3.8) is 0 Å². The smallest absolute Gasteiger partial charge is 0.512 e. The van der Waals surface area contributed by atoms with E-state index in [1.54, 1.807) is 0 Å². The molecule has 290 valence electrons. The molecule has 0 unspecified atom stereocenters. The Morgan fingerprint density at radius 2 is 1.50 bits per heavy atom. The molecule has 6 aromatic rings. The van der Waals surface area contributed by atoms with Gasteiger partial charge in [0.15, 0.2) is 0 Å². The van der Waals surface area contributed by atoms with Gasteiger partial charge in [0, 0.05) is 17.4 Å². The van der Waals surface area contributed by atoms with Crippen molar-refractivity contribution in [1.29, 1.82) is 0 Å². The second-order valence-corrected chi connectivity index (χ2v) is 19.3. The van der Waals surface area contributed by atoms with Gasteiger partial charge in [-0.2, -0.15) is 6.07 Å². The van der Waals surface area contributed by atoms with Crippen molar-refractivity contribution in [2.24, 2.45) is 4.99 Å². The fourth-order valence-corrected chi connectivity index (χ4v) is 9.19. The standard InChI is InChI=1S/C50H54N4O.Pt/c1-30-15-17-40-36(22-30)37-28-39-43(29-42(37)54(40)45-27-33(19-21-51-45)47(3,4)5)53(41-18-16-31(2)23-38(41)49(39,9)10)35-25-32(24-34(26-35)48(6,7)8)46-52-44-14-12-13-20-50(44,11)55-46;/h15-19,21-24,26-28,44H,12-14,20H2,1-11H3;/q-2;+2/t44-,50-;/m0./s1. The third-order valence-corrected chi connectivity index (χ3v) is 12.6. The van der Waals surface area contributed by atoms with Gasteiger partial charge in [-0.3, -0.25) is 4.99 Å². The fourth-order valence-electron chi connectivity index (χ4n) is 9.19. The molecule has 0 saturated heterocycles. The number of fused-ring (bicyclic) bond motifs is 6. The molecule has 4 heterocycles. The van der Waals surface area contributed by atoms with Crippen LogP contribution in [0.15, 0.2) is 77.9 Å². The van der Waals surface area contributed by atoms with Gasteiger partial charge in [-0.25, -0.2) is 4.98 Å². The number of hydrogen-bond donors (Lipinski definition) is 0. The van der Waals surface area contributed by atoms with Gasteiger partial charge >= 0.3 is 21.1 Å². The van der Waals surface area contributed by atoms with Crippen molar-refractivity contribution >= 4 is 44.8 Å². The predicted octanol–water partition coefficient (Wildman–Crippen LogP) is 12.6. The average Bonchev–Trinajstić information content (AvgIpc) is 3.65. The minimum Gasteiger partial charge on any atom is -0.512 e. The monoisotopic (exact) mass is 921 g/mol. The zero-order chi connectivity index (χ0) is 38.8. The molecule has 6 heteroatoms. The van der Waals surface area contributed by atoms with E-state index in [1.807, 2.05) is 6.20 Å². The number of benzene rings is 4. The quantitative estimate of drug-likeness (QED) is 0.166. The Morgan fingerprint density at radius 3 is 2.23 bits per heavy atom. The summed E-state index contributed by atoms with van der Waals surface area (Å²) in [5.74, 6) is 1.63. The van der Waals surface area contributed by atoms with Crippen molar-refractivity contribution in [3.05, 3.63) is 124 Å². The maximum Gasteiger partial charge on any atom is 2.00 e. The minimum absolute atomic E-state index is 0. The van der Waals surface area contributed by atoms with E-state index in [0.29, 0.717) is 0 Å². The van der Waals surface area contributed by atoms with Crippen LogP contribution in [0.25, 0.3) is 27.6 Å². The van der Waals surface area contributed by atoms with Crippen molar-refractivity contribution < 1.29 is 25.8 Å². The van der Waals surface area contributed by atoms with Gasteiger partial charge in [0.2, 0.25) is 0 Å². The van der Waals surface area contributed by atoms with E-state index in [0.717, 1.165) is 58.2 Å². The van der Waals surface area contributed by atoms with E-state index >= 15 is 0 Å². The second kappa shape index (κ2) is 13.2. The van der Waals surface area contributed by atoms with Crippen LogP contribution in [0, 0.1) is 26.0 Å².